The number of hydrogen-bond acceptors (Lipinski definition) is 2. The average Bonchev–Trinajstić information content (AvgIpc) is 2.84. The molecular formula is C13H13BrFNS. The minimum absolute atomic E-state index is 0.177. The third-order valence-corrected chi connectivity index (χ3v) is 4.32. The van der Waals surface area contributed by atoms with Gasteiger partial charge in [-0.1, -0.05) is 28.1 Å². The Kier molecular flexibility index (Phi) is 4.68. The predicted molar refractivity (Wildman–Crippen MR) is 73.2 cm³/mol. The zero-order valence-corrected chi connectivity index (χ0v) is 11.7. The molecule has 0 aliphatic heterocycles. The van der Waals surface area contributed by atoms with Crippen molar-refractivity contribution in [2.45, 2.75) is 12.8 Å². The second kappa shape index (κ2) is 6.26. The molecule has 0 aliphatic rings. The molecule has 2 rings (SSSR count). The smallest absolute Gasteiger partial charge is 0.123 e. The van der Waals surface area contributed by atoms with Gasteiger partial charge in [-0.25, -0.2) is 9.37 Å². The number of benzene rings is 1. The fourth-order valence-electron chi connectivity index (χ4n) is 1.74. The van der Waals surface area contributed by atoms with E-state index in [1.165, 1.54) is 17.7 Å². The van der Waals surface area contributed by atoms with E-state index in [1.54, 1.807) is 11.3 Å². The standard InChI is InChI=1S/C13H13BrFNS/c14-9-11(8-13-16-5-6-17-13)7-10-1-3-12(15)4-2-10/h1-6,11H,7-9H2. The molecule has 0 saturated carbocycles. The molecule has 1 unspecified atom stereocenters. The van der Waals surface area contributed by atoms with Crippen LogP contribution in [0.4, 0.5) is 4.39 Å². The third kappa shape index (κ3) is 3.89. The molecule has 17 heavy (non-hydrogen) atoms. The van der Waals surface area contributed by atoms with E-state index in [1.807, 2.05) is 23.7 Å². The summed E-state index contributed by atoms with van der Waals surface area (Å²) < 4.78 is 12.8. The first kappa shape index (κ1) is 12.7. The molecule has 0 bridgehead atoms. The fourth-order valence-corrected chi connectivity index (χ4v) is 2.93. The Balaban J connectivity index is 1.97. The van der Waals surface area contributed by atoms with Crippen LogP contribution < -0.4 is 0 Å². The molecule has 0 amide bonds. The number of aromatic nitrogens is 1. The van der Waals surface area contributed by atoms with Crippen molar-refractivity contribution in [3.8, 4) is 0 Å². The lowest BCUT2D eigenvalue weighted by molar-refractivity contribution is 0.586. The van der Waals surface area contributed by atoms with Crippen LogP contribution in [0.25, 0.3) is 0 Å². The van der Waals surface area contributed by atoms with Crippen LogP contribution in [0.3, 0.4) is 0 Å². The number of nitrogens with zero attached hydrogens (tertiary/aromatic N) is 1. The van der Waals surface area contributed by atoms with Crippen molar-refractivity contribution in [3.63, 3.8) is 0 Å². The Morgan fingerprint density at radius 1 is 1.24 bits per heavy atom. The highest BCUT2D eigenvalue weighted by atomic mass is 79.9. The predicted octanol–water partition coefficient (Wildman–Crippen LogP) is 4.08. The van der Waals surface area contributed by atoms with Crippen LogP contribution in [-0.2, 0) is 12.8 Å². The van der Waals surface area contributed by atoms with Crippen molar-refractivity contribution in [2.75, 3.05) is 5.33 Å². The van der Waals surface area contributed by atoms with E-state index in [0.717, 1.165) is 23.2 Å². The van der Waals surface area contributed by atoms with E-state index >= 15 is 0 Å². The quantitative estimate of drug-likeness (QED) is 0.758. The number of alkyl halides is 1. The van der Waals surface area contributed by atoms with Gasteiger partial charge in [-0.2, -0.15) is 0 Å². The van der Waals surface area contributed by atoms with Crippen molar-refractivity contribution in [1.82, 2.24) is 4.98 Å². The molecule has 0 fully saturated rings. The summed E-state index contributed by atoms with van der Waals surface area (Å²) in [6, 6.07) is 6.74. The molecule has 1 heterocycles. The van der Waals surface area contributed by atoms with Crippen molar-refractivity contribution in [1.29, 1.82) is 0 Å². The van der Waals surface area contributed by atoms with Crippen molar-refractivity contribution >= 4 is 27.3 Å². The normalized spacial score (nSPS) is 12.6. The molecule has 4 heteroatoms. The highest BCUT2D eigenvalue weighted by molar-refractivity contribution is 9.09. The highest BCUT2D eigenvalue weighted by Crippen LogP contribution is 2.18. The molecule has 0 N–H and O–H groups in total. The maximum Gasteiger partial charge on any atom is 0.123 e. The van der Waals surface area contributed by atoms with E-state index in [4.69, 9.17) is 0 Å². The number of halogens is 2. The van der Waals surface area contributed by atoms with Gasteiger partial charge in [-0.05, 0) is 30.0 Å². The Morgan fingerprint density at radius 3 is 2.59 bits per heavy atom. The van der Waals surface area contributed by atoms with Crippen molar-refractivity contribution in [2.24, 2.45) is 5.92 Å². The molecule has 1 nitrogen and oxygen atoms in total. The van der Waals surface area contributed by atoms with E-state index in [2.05, 4.69) is 20.9 Å². The summed E-state index contributed by atoms with van der Waals surface area (Å²) >= 11 is 5.22. The van der Waals surface area contributed by atoms with Crippen LogP contribution in [0.1, 0.15) is 10.6 Å². The monoisotopic (exact) mass is 313 g/mol. The first-order valence-corrected chi connectivity index (χ1v) is 7.47. The van der Waals surface area contributed by atoms with Gasteiger partial charge >= 0.3 is 0 Å². The number of rotatable bonds is 5. The number of hydrogen-bond donors (Lipinski definition) is 0. The van der Waals surface area contributed by atoms with Gasteiger partial charge < -0.3 is 0 Å². The van der Waals surface area contributed by atoms with E-state index < -0.39 is 0 Å². The molecule has 1 aromatic heterocycles. The van der Waals surface area contributed by atoms with Crippen molar-refractivity contribution < 1.29 is 4.39 Å². The Bertz CT molecular complexity index is 441. The second-order valence-electron chi connectivity index (χ2n) is 3.98. The van der Waals surface area contributed by atoms with Gasteiger partial charge in [0, 0.05) is 23.3 Å². The van der Waals surface area contributed by atoms with E-state index in [9.17, 15) is 4.39 Å². The summed E-state index contributed by atoms with van der Waals surface area (Å²) in [7, 11) is 0. The zero-order valence-electron chi connectivity index (χ0n) is 9.27. The number of thiazole rings is 1. The maximum absolute atomic E-state index is 12.8. The molecule has 0 radical (unpaired) electrons. The first-order chi connectivity index (χ1) is 8.28. The van der Waals surface area contributed by atoms with Crippen LogP contribution in [-0.4, -0.2) is 10.3 Å². The Morgan fingerprint density at radius 2 is 2.00 bits per heavy atom. The molecular weight excluding hydrogens is 301 g/mol. The van der Waals surface area contributed by atoms with Crippen LogP contribution >= 0.6 is 27.3 Å². The summed E-state index contributed by atoms with van der Waals surface area (Å²) in [6.45, 7) is 0. The van der Waals surface area contributed by atoms with E-state index in [0.29, 0.717) is 5.92 Å². The second-order valence-corrected chi connectivity index (χ2v) is 5.61. The molecule has 90 valence electrons. The maximum atomic E-state index is 12.8. The SMILES string of the molecule is Fc1ccc(CC(CBr)Cc2nccs2)cc1. The van der Waals surface area contributed by atoms with Gasteiger partial charge in [0.25, 0.3) is 0 Å². The van der Waals surface area contributed by atoms with Gasteiger partial charge in [0.1, 0.15) is 5.82 Å². The van der Waals surface area contributed by atoms with Crippen LogP contribution in [0.2, 0.25) is 0 Å². The minimum Gasteiger partial charge on any atom is -0.250 e. The van der Waals surface area contributed by atoms with Gasteiger partial charge in [-0.3, -0.25) is 0 Å². The van der Waals surface area contributed by atoms with Crippen LogP contribution in [0.15, 0.2) is 35.8 Å². The molecule has 1 atom stereocenters. The summed E-state index contributed by atoms with van der Waals surface area (Å²) in [5.41, 5.74) is 1.17. The topological polar surface area (TPSA) is 12.9 Å². The summed E-state index contributed by atoms with van der Waals surface area (Å²) in [4.78, 5) is 4.30. The summed E-state index contributed by atoms with van der Waals surface area (Å²) in [5, 5.41) is 4.10. The van der Waals surface area contributed by atoms with Crippen LogP contribution in [0, 0.1) is 11.7 Å². The molecule has 0 aliphatic carbocycles. The Labute approximate surface area is 113 Å². The van der Waals surface area contributed by atoms with Crippen molar-refractivity contribution in [3.05, 3.63) is 52.2 Å². The largest absolute Gasteiger partial charge is 0.250 e. The van der Waals surface area contributed by atoms with Gasteiger partial charge in [0.2, 0.25) is 0 Å². The molecule has 2 aromatic rings. The third-order valence-electron chi connectivity index (χ3n) is 2.60. The fraction of sp³-hybridized carbons (Fsp3) is 0.308. The average molecular weight is 314 g/mol. The lowest BCUT2D eigenvalue weighted by Gasteiger charge is -2.12. The van der Waals surface area contributed by atoms with E-state index in [-0.39, 0.29) is 5.82 Å². The van der Waals surface area contributed by atoms with Crippen LogP contribution in [0.5, 0.6) is 0 Å². The van der Waals surface area contributed by atoms with Gasteiger partial charge in [0.05, 0.1) is 5.01 Å². The highest BCUT2D eigenvalue weighted by Gasteiger charge is 2.11. The molecule has 0 saturated heterocycles. The summed E-state index contributed by atoms with van der Waals surface area (Å²) in [6.07, 6.45) is 3.76. The molecule has 1 aromatic carbocycles. The first-order valence-electron chi connectivity index (χ1n) is 5.46. The van der Waals surface area contributed by atoms with Gasteiger partial charge in [0.15, 0.2) is 0 Å². The summed E-state index contributed by atoms with van der Waals surface area (Å²) in [5.74, 6) is 0.329. The minimum atomic E-state index is -0.177. The molecule has 0 spiro atoms. The lowest BCUT2D eigenvalue weighted by Crippen LogP contribution is -2.09. The zero-order chi connectivity index (χ0) is 12.1. The lowest BCUT2D eigenvalue weighted by atomic mass is 9.98. The van der Waals surface area contributed by atoms with Gasteiger partial charge in [-0.15, -0.1) is 11.3 Å². The Hall–Kier alpha value is -0.740.